The summed E-state index contributed by atoms with van der Waals surface area (Å²) in [4.78, 5) is 35.1. The highest BCUT2D eigenvalue weighted by atomic mass is 16.5. The summed E-state index contributed by atoms with van der Waals surface area (Å²) in [5, 5.41) is 8.79. The van der Waals surface area contributed by atoms with E-state index in [-0.39, 0.29) is 11.7 Å². The number of aromatic carboxylic acids is 1. The Morgan fingerprint density at radius 2 is 1.29 bits per heavy atom. The molecule has 2 aliphatic heterocycles. The minimum absolute atomic E-state index is 0.131. The highest BCUT2D eigenvalue weighted by Crippen LogP contribution is 2.12. The molecular weight excluding hydrogens is 396 g/mol. The fourth-order valence-electron chi connectivity index (χ4n) is 3.81. The fraction of sp³-hybridized carbons (Fsp3) is 0.478. The predicted molar refractivity (Wildman–Crippen MR) is 116 cm³/mol. The Hall–Kier alpha value is -2.84. The Labute approximate surface area is 182 Å². The van der Waals surface area contributed by atoms with Gasteiger partial charge in [-0.05, 0) is 76.1 Å². The molecule has 0 atom stereocenters. The maximum absolute atomic E-state index is 11.3. The van der Waals surface area contributed by atoms with E-state index in [0.717, 1.165) is 50.7 Å². The minimum atomic E-state index is -0.960. The normalized spacial score (nSPS) is 16.5. The van der Waals surface area contributed by atoms with Crippen LogP contribution in [0.15, 0.2) is 36.4 Å². The Morgan fingerprint density at radius 3 is 1.74 bits per heavy atom. The zero-order chi connectivity index (χ0) is 22.1. The molecule has 4 heterocycles. The first-order valence-electron chi connectivity index (χ1n) is 10.7. The van der Waals surface area contributed by atoms with E-state index in [1.165, 1.54) is 38.9 Å². The Balaban J connectivity index is 0.000000176. The third kappa shape index (κ3) is 7.11. The number of carbonyl (C=O) groups is 2. The molecule has 0 bridgehead atoms. The van der Waals surface area contributed by atoms with Crippen molar-refractivity contribution in [2.75, 3.05) is 33.3 Å². The smallest absolute Gasteiger partial charge is 0.356 e. The quantitative estimate of drug-likeness (QED) is 0.705. The lowest BCUT2D eigenvalue weighted by Crippen LogP contribution is -2.19. The Kier molecular flexibility index (Phi) is 8.49. The van der Waals surface area contributed by atoms with Gasteiger partial charge >= 0.3 is 11.9 Å². The molecule has 0 spiro atoms. The zero-order valence-corrected chi connectivity index (χ0v) is 18.0. The number of pyridine rings is 2. The highest BCUT2D eigenvalue weighted by molar-refractivity contribution is 5.87. The van der Waals surface area contributed by atoms with Crippen LogP contribution in [0.5, 0.6) is 0 Å². The number of hydrogen-bond donors (Lipinski definition) is 1. The number of ether oxygens (including phenoxy) is 1. The number of hydrogen-bond acceptors (Lipinski definition) is 7. The van der Waals surface area contributed by atoms with Crippen LogP contribution in [0.4, 0.5) is 0 Å². The second-order valence-corrected chi connectivity index (χ2v) is 7.79. The third-order valence-corrected chi connectivity index (χ3v) is 5.40. The van der Waals surface area contributed by atoms with E-state index in [2.05, 4.69) is 24.5 Å². The van der Waals surface area contributed by atoms with E-state index in [1.807, 2.05) is 18.2 Å². The number of methoxy groups -OCH3 is 1. The van der Waals surface area contributed by atoms with Gasteiger partial charge in [0.2, 0.25) is 0 Å². The molecule has 166 valence electrons. The number of likely N-dealkylation sites (tertiary alicyclic amines) is 2. The van der Waals surface area contributed by atoms with Crippen molar-refractivity contribution in [1.29, 1.82) is 0 Å². The lowest BCUT2D eigenvalue weighted by Gasteiger charge is -2.13. The maximum Gasteiger partial charge on any atom is 0.356 e. The van der Waals surface area contributed by atoms with Crippen LogP contribution in [0.2, 0.25) is 0 Å². The summed E-state index contributed by atoms with van der Waals surface area (Å²) in [5.41, 5.74) is 2.30. The molecule has 8 heteroatoms. The second kappa shape index (κ2) is 11.5. The van der Waals surface area contributed by atoms with Crippen LogP contribution in [-0.4, -0.2) is 70.1 Å². The standard InChI is InChI=1S/C12H16N2O2.C11H14N2O2/c1-16-12(15)11-6-4-5-10(13-11)9-14-7-2-3-8-14;14-11(15)10-5-3-4-9(12-10)8-13-6-1-2-7-13/h4-6H,2-3,7-9H2,1H3;3-5H,1-2,6-8H2,(H,14,15). The lowest BCUT2D eigenvalue weighted by atomic mass is 10.3. The first-order chi connectivity index (χ1) is 15.0. The summed E-state index contributed by atoms with van der Waals surface area (Å²) in [6.07, 6.45) is 4.99. The van der Waals surface area contributed by atoms with E-state index in [0.29, 0.717) is 5.69 Å². The maximum atomic E-state index is 11.3. The Bertz CT molecular complexity index is 877. The van der Waals surface area contributed by atoms with Crippen molar-refractivity contribution in [3.8, 4) is 0 Å². The van der Waals surface area contributed by atoms with Gasteiger partial charge in [0.15, 0.2) is 0 Å². The first kappa shape index (κ1) is 22.8. The summed E-state index contributed by atoms with van der Waals surface area (Å²) in [5.74, 6) is -1.33. The fourth-order valence-corrected chi connectivity index (χ4v) is 3.81. The van der Waals surface area contributed by atoms with Crippen molar-refractivity contribution in [2.45, 2.75) is 38.8 Å². The highest BCUT2D eigenvalue weighted by Gasteiger charge is 2.14. The van der Waals surface area contributed by atoms with Gasteiger partial charge in [-0.3, -0.25) is 9.80 Å². The molecule has 1 N–H and O–H groups in total. The molecule has 0 saturated carbocycles. The van der Waals surface area contributed by atoms with Gasteiger partial charge in [0, 0.05) is 13.1 Å². The summed E-state index contributed by atoms with van der Waals surface area (Å²) >= 11 is 0. The molecule has 4 rings (SSSR count). The number of carbonyl (C=O) groups excluding carboxylic acids is 1. The molecule has 0 unspecified atom stereocenters. The average molecular weight is 427 g/mol. The number of nitrogens with zero attached hydrogens (tertiary/aromatic N) is 4. The monoisotopic (exact) mass is 426 g/mol. The van der Waals surface area contributed by atoms with E-state index < -0.39 is 5.97 Å². The lowest BCUT2D eigenvalue weighted by molar-refractivity contribution is 0.0592. The van der Waals surface area contributed by atoms with Crippen molar-refractivity contribution in [3.63, 3.8) is 0 Å². The summed E-state index contributed by atoms with van der Waals surface area (Å²) < 4.78 is 4.65. The van der Waals surface area contributed by atoms with E-state index in [1.54, 1.807) is 12.1 Å². The van der Waals surface area contributed by atoms with E-state index >= 15 is 0 Å². The number of aromatic nitrogens is 2. The largest absolute Gasteiger partial charge is 0.477 e. The SMILES string of the molecule is COC(=O)c1cccc(CN2CCCC2)n1.O=C(O)c1cccc(CN2CCCC2)n1. The van der Waals surface area contributed by atoms with E-state index in [9.17, 15) is 9.59 Å². The van der Waals surface area contributed by atoms with Gasteiger partial charge in [-0.15, -0.1) is 0 Å². The van der Waals surface area contributed by atoms with Crippen molar-refractivity contribution in [3.05, 3.63) is 59.2 Å². The van der Waals surface area contributed by atoms with Crippen molar-refractivity contribution in [1.82, 2.24) is 19.8 Å². The molecule has 0 amide bonds. The zero-order valence-electron chi connectivity index (χ0n) is 18.0. The van der Waals surface area contributed by atoms with Gasteiger partial charge in [0.05, 0.1) is 18.5 Å². The third-order valence-electron chi connectivity index (χ3n) is 5.40. The van der Waals surface area contributed by atoms with Crippen molar-refractivity contribution < 1.29 is 19.4 Å². The molecule has 0 aromatic carbocycles. The van der Waals surface area contributed by atoms with Gasteiger partial charge in [-0.25, -0.2) is 19.6 Å². The molecule has 2 aromatic rings. The van der Waals surface area contributed by atoms with Crippen LogP contribution in [0, 0.1) is 0 Å². The average Bonchev–Trinajstić information content (AvgIpc) is 3.48. The van der Waals surface area contributed by atoms with Crippen LogP contribution < -0.4 is 0 Å². The van der Waals surface area contributed by atoms with Crippen LogP contribution >= 0.6 is 0 Å². The van der Waals surface area contributed by atoms with Crippen LogP contribution in [0.1, 0.15) is 58.0 Å². The number of esters is 1. The van der Waals surface area contributed by atoms with Crippen molar-refractivity contribution >= 4 is 11.9 Å². The number of carboxylic acid groups (broad SMARTS) is 1. The number of carboxylic acids is 1. The minimum Gasteiger partial charge on any atom is -0.477 e. The molecule has 2 aromatic heterocycles. The van der Waals surface area contributed by atoms with E-state index in [4.69, 9.17) is 5.11 Å². The second-order valence-electron chi connectivity index (χ2n) is 7.79. The molecule has 0 radical (unpaired) electrons. The van der Waals surface area contributed by atoms with Gasteiger partial charge < -0.3 is 9.84 Å². The Morgan fingerprint density at radius 1 is 0.839 bits per heavy atom. The van der Waals surface area contributed by atoms with Crippen LogP contribution in [0.25, 0.3) is 0 Å². The molecule has 2 saturated heterocycles. The van der Waals surface area contributed by atoms with Gasteiger partial charge in [0.25, 0.3) is 0 Å². The first-order valence-corrected chi connectivity index (χ1v) is 10.7. The summed E-state index contributed by atoms with van der Waals surface area (Å²) in [6.45, 7) is 6.04. The van der Waals surface area contributed by atoms with Gasteiger partial charge in [0.1, 0.15) is 11.4 Å². The van der Waals surface area contributed by atoms with Crippen molar-refractivity contribution in [2.24, 2.45) is 0 Å². The number of rotatable bonds is 6. The topological polar surface area (TPSA) is 95.9 Å². The van der Waals surface area contributed by atoms with Crippen LogP contribution in [0.3, 0.4) is 0 Å². The molecule has 2 fully saturated rings. The molecule has 8 nitrogen and oxygen atoms in total. The molecule has 31 heavy (non-hydrogen) atoms. The molecule has 2 aliphatic rings. The molecule has 0 aliphatic carbocycles. The summed E-state index contributed by atoms with van der Waals surface area (Å²) in [6, 6.07) is 10.6. The van der Waals surface area contributed by atoms with Crippen LogP contribution in [-0.2, 0) is 17.8 Å². The van der Waals surface area contributed by atoms with Gasteiger partial charge in [-0.2, -0.15) is 0 Å². The molecular formula is C23H30N4O4. The summed E-state index contributed by atoms with van der Waals surface area (Å²) in [7, 11) is 1.37. The van der Waals surface area contributed by atoms with Gasteiger partial charge in [-0.1, -0.05) is 12.1 Å². The predicted octanol–water partition coefficient (Wildman–Crippen LogP) is 2.84.